The van der Waals surface area contributed by atoms with Gasteiger partial charge < -0.3 is 9.84 Å². The van der Waals surface area contributed by atoms with Crippen LogP contribution in [0.25, 0.3) is 11.1 Å². The number of nitrogens with zero attached hydrogens (tertiary/aromatic N) is 1. The zero-order valence-electron chi connectivity index (χ0n) is 9.96. The van der Waals surface area contributed by atoms with Crippen molar-refractivity contribution in [3.63, 3.8) is 0 Å². The highest BCUT2D eigenvalue weighted by Gasteiger charge is 2.04. The lowest BCUT2D eigenvalue weighted by Gasteiger charge is -2.05. The lowest BCUT2D eigenvalue weighted by molar-refractivity contribution is 0.0697. The summed E-state index contributed by atoms with van der Waals surface area (Å²) >= 11 is 0. The van der Waals surface area contributed by atoms with Gasteiger partial charge in [-0.2, -0.15) is 0 Å². The molecule has 0 atom stereocenters. The highest BCUT2D eigenvalue weighted by atomic mass is 16.5. The summed E-state index contributed by atoms with van der Waals surface area (Å²) in [6, 6.07) is 8.55. The van der Waals surface area contributed by atoms with Gasteiger partial charge >= 0.3 is 5.97 Å². The van der Waals surface area contributed by atoms with Gasteiger partial charge in [0.15, 0.2) is 0 Å². The van der Waals surface area contributed by atoms with Crippen molar-refractivity contribution in [1.29, 1.82) is 0 Å². The Balaban J connectivity index is 2.30. The molecule has 1 heterocycles. The first-order valence-corrected chi connectivity index (χ1v) is 5.62. The van der Waals surface area contributed by atoms with E-state index in [1.165, 1.54) is 0 Å². The number of rotatable bonds is 4. The summed E-state index contributed by atoms with van der Waals surface area (Å²) < 4.78 is 5.37. The maximum atomic E-state index is 10.8. The molecular formula is C14H13NO3. The zero-order valence-corrected chi connectivity index (χ0v) is 9.96. The van der Waals surface area contributed by atoms with Gasteiger partial charge in [0, 0.05) is 11.8 Å². The van der Waals surface area contributed by atoms with E-state index in [1.807, 2.05) is 13.0 Å². The number of carbonyl (C=O) groups is 1. The third-order valence-electron chi connectivity index (χ3n) is 2.49. The zero-order chi connectivity index (χ0) is 13.0. The monoisotopic (exact) mass is 243 g/mol. The fourth-order valence-electron chi connectivity index (χ4n) is 1.63. The van der Waals surface area contributed by atoms with Crippen molar-refractivity contribution in [3.05, 3.63) is 48.3 Å². The third kappa shape index (κ3) is 2.66. The van der Waals surface area contributed by atoms with Gasteiger partial charge in [0.2, 0.25) is 0 Å². The van der Waals surface area contributed by atoms with Crippen molar-refractivity contribution >= 4 is 5.97 Å². The van der Waals surface area contributed by atoms with Crippen LogP contribution in [0.5, 0.6) is 5.75 Å². The minimum atomic E-state index is -0.928. The first kappa shape index (κ1) is 12.1. The minimum absolute atomic E-state index is 0.271. The van der Waals surface area contributed by atoms with E-state index in [0.717, 1.165) is 11.1 Å². The van der Waals surface area contributed by atoms with Crippen molar-refractivity contribution in [2.75, 3.05) is 6.61 Å². The summed E-state index contributed by atoms with van der Waals surface area (Å²) in [6.45, 7) is 2.50. The van der Waals surface area contributed by atoms with Gasteiger partial charge in [-0.3, -0.25) is 4.98 Å². The van der Waals surface area contributed by atoms with Crippen LogP contribution in [-0.4, -0.2) is 22.7 Å². The molecule has 0 aliphatic carbocycles. The van der Waals surface area contributed by atoms with Crippen molar-refractivity contribution in [2.24, 2.45) is 0 Å². The molecule has 2 aromatic rings. The molecule has 0 saturated heterocycles. The van der Waals surface area contributed by atoms with Crippen LogP contribution in [0.4, 0.5) is 0 Å². The van der Waals surface area contributed by atoms with E-state index < -0.39 is 5.97 Å². The van der Waals surface area contributed by atoms with Crippen LogP contribution in [0.2, 0.25) is 0 Å². The van der Waals surface area contributed by atoms with Crippen LogP contribution in [0.15, 0.2) is 42.7 Å². The van der Waals surface area contributed by atoms with Gasteiger partial charge in [-0.05, 0) is 30.7 Å². The molecule has 18 heavy (non-hydrogen) atoms. The van der Waals surface area contributed by atoms with Crippen LogP contribution in [0.3, 0.4) is 0 Å². The molecule has 0 aliphatic rings. The molecule has 4 heteroatoms. The normalized spacial score (nSPS) is 10.1. The average Bonchev–Trinajstić information content (AvgIpc) is 2.39. The quantitative estimate of drug-likeness (QED) is 0.897. The smallest absolute Gasteiger partial charge is 0.335 e. The van der Waals surface area contributed by atoms with Crippen molar-refractivity contribution < 1.29 is 14.6 Å². The highest BCUT2D eigenvalue weighted by Crippen LogP contribution is 2.22. The predicted molar refractivity (Wildman–Crippen MR) is 67.8 cm³/mol. The van der Waals surface area contributed by atoms with Gasteiger partial charge in [0.1, 0.15) is 5.75 Å². The molecule has 1 aromatic carbocycles. The molecule has 92 valence electrons. The molecule has 0 fully saturated rings. The topological polar surface area (TPSA) is 59.4 Å². The number of carboxylic acid groups (broad SMARTS) is 1. The van der Waals surface area contributed by atoms with Gasteiger partial charge in [0.05, 0.1) is 18.4 Å². The number of aromatic nitrogens is 1. The molecule has 0 radical (unpaired) electrons. The lowest BCUT2D eigenvalue weighted by atomic mass is 10.1. The predicted octanol–water partition coefficient (Wildman–Crippen LogP) is 2.85. The molecule has 0 bridgehead atoms. The summed E-state index contributed by atoms with van der Waals surface area (Å²) in [7, 11) is 0. The molecule has 0 amide bonds. The fourth-order valence-corrected chi connectivity index (χ4v) is 1.63. The van der Waals surface area contributed by atoms with Gasteiger partial charge in [-0.1, -0.05) is 12.1 Å². The van der Waals surface area contributed by atoms with Gasteiger partial charge in [0.25, 0.3) is 0 Å². The number of benzene rings is 1. The molecule has 2 rings (SSSR count). The van der Waals surface area contributed by atoms with Crippen LogP contribution >= 0.6 is 0 Å². The Morgan fingerprint density at radius 2 is 1.94 bits per heavy atom. The van der Waals surface area contributed by atoms with E-state index in [4.69, 9.17) is 9.84 Å². The summed E-state index contributed by atoms with van der Waals surface area (Å²) in [5, 5.41) is 8.83. The number of hydrogen-bond acceptors (Lipinski definition) is 3. The lowest BCUT2D eigenvalue weighted by Crippen LogP contribution is -1.95. The van der Waals surface area contributed by atoms with E-state index in [2.05, 4.69) is 4.98 Å². The van der Waals surface area contributed by atoms with E-state index in [-0.39, 0.29) is 5.56 Å². The van der Waals surface area contributed by atoms with Crippen molar-refractivity contribution in [2.45, 2.75) is 6.92 Å². The number of pyridine rings is 1. The van der Waals surface area contributed by atoms with Crippen LogP contribution in [0, 0.1) is 0 Å². The molecule has 4 nitrogen and oxygen atoms in total. The standard InChI is InChI=1S/C14H13NO3/c1-2-18-13-7-12(8-15-9-13)10-3-5-11(6-4-10)14(16)17/h3-9H,2H2,1H3,(H,16,17). The maximum Gasteiger partial charge on any atom is 0.335 e. The third-order valence-corrected chi connectivity index (χ3v) is 2.49. The number of ether oxygens (including phenoxy) is 1. The molecule has 0 spiro atoms. The van der Waals surface area contributed by atoms with Gasteiger partial charge in [-0.25, -0.2) is 4.79 Å². The molecule has 1 N–H and O–H groups in total. The van der Waals surface area contributed by atoms with E-state index in [9.17, 15) is 4.79 Å². The fraction of sp³-hybridized carbons (Fsp3) is 0.143. The molecule has 1 aromatic heterocycles. The number of aromatic carboxylic acids is 1. The highest BCUT2D eigenvalue weighted by molar-refractivity contribution is 5.88. The molecule has 0 saturated carbocycles. The summed E-state index contributed by atoms with van der Waals surface area (Å²) in [4.78, 5) is 14.9. The van der Waals surface area contributed by atoms with E-state index >= 15 is 0 Å². The molecule has 0 unspecified atom stereocenters. The molecule has 0 aliphatic heterocycles. The second-order valence-electron chi connectivity index (χ2n) is 3.72. The van der Waals surface area contributed by atoms with Crippen LogP contribution < -0.4 is 4.74 Å². The Morgan fingerprint density at radius 1 is 1.22 bits per heavy atom. The largest absolute Gasteiger partial charge is 0.492 e. The Morgan fingerprint density at radius 3 is 2.56 bits per heavy atom. The summed E-state index contributed by atoms with van der Waals surface area (Å²) in [6.07, 6.45) is 3.37. The maximum absolute atomic E-state index is 10.8. The average molecular weight is 243 g/mol. The Kier molecular flexibility index (Phi) is 3.57. The number of hydrogen-bond donors (Lipinski definition) is 1. The van der Waals surface area contributed by atoms with Gasteiger partial charge in [-0.15, -0.1) is 0 Å². The first-order valence-electron chi connectivity index (χ1n) is 5.62. The Bertz CT molecular complexity index is 549. The van der Waals surface area contributed by atoms with Crippen molar-refractivity contribution in [1.82, 2.24) is 4.98 Å². The number of carboxylic acids is 1. The second kappa shape index (κ2) is 5.31. The minimum Gasteiger partial charge on any atom is -0.492 e. The first-order chi connectivity index (χ1) is 8.70. The van der Waals surface area contributed by atoms with Crippen LogP contribution in [-0.2, 0) is 0 Å². The SMILES string of the molecule is CCOc1cncc(-c2ccc(C(=O)O)cc2)c1. The van der Waals surface area contributed by atoms with E-state index in [1.54, 1.807) is 36.7 Å². The second-order valence-corrected chi connectivity index (χ2v) is 3.72. The Labute approximate surface area is 105 Å². The van der Waals surface area contributed by atoms with E-state index in [0.29, 0.717) is 12.4 Å². The summed E-state index contributed by atoms with van der Waals surface area (Å²) in [5.74, 6) is -0.222. The van der Waals surface area contributed by atoms with Crippen LogP contribution in [0.1, 0.15) is 17.3 Å². The Hall–Kier alpha value is -2.36. The molecular weight excluding hydrogens is 230 g/mol. The summed E-state index contributed by atoms with van der Waals surface area (Å²) in [5.41, 5.74) is 2.08. The van der Waals surface area contributed by atoms with Crippen molar-refractivity contribution in [3.8, 4) is 16.9 Å².